The van der Waals surface area contributed by atoms with Gasteiger partial charge in [-0.3, -0.25) is 0 Å². The molecule has 0 aromatic heterocycles. The van der Waals surface area contributed by atoms with Gasteiger partial charge in [0.25, 0.3) is 0 Å². The Kier molecular flexibility index (Phi) is 2.49. The minimum atomic E-state index is -4.02. The number of nitrogens with zero attached hydrogens (tertiary/aromatic N) is 1. The number of hydrogen-bond donors (Lipinski definition) is 0. The van der Waals surface area contributed by atoms with Crippen molar-refractivity contribution in [3.8, 4) is 0 Å². The van der Waals surface area contributed by atoms with Crippen LogP contribution in [0.25, 0.3) is 0 Å². The molecule has 48 heavy (non-hydrogen) atoms. The monoisotopic (exact) mass is 701 g/mol. The molecule has 7 atom stereocenters. The van der Waals surface area contributed by atoms with Crippen molar-refractivity contribution in [2.45, 2.75) is 72.8 Å². The average molecular weight is 702 g/mol. The van der Waals surface area contributed by atoms with Gasteiger partial charge in [0.15, 0.2) is 0 Å². The molecule has 0 radical (unpaired) electrons. The summed E-state index contributed by atoms with van der Waals surface area (Å²) in [6.07, 6.45) is 0. The molecule has 4 heteroatoms. The fourth-order valence-corrected chi connectivity index (χ4v) is 118. The average Bonchev–Trinajstić information content (AvgIpc) is 4.11. The standard InChI is InChI=1S/C39H36NP2.C5H5.Fe/c1-31(33-19-8-3-9-20-33)40(42(36-25-14-6-15-26-36)37-27-16-7-17-28-37)32(2)38-29-18-30-39(38)41(34-21-10-4-11-22-34)35-23-12-5-13-24-35;1-2-4-5-3-1;/h3-32H,1-2H3;1-5H;/t31-,32-;;/m1../s1. The maximum atomic E-state index is 3.20. The molecule has 1 nitrogen and oxygen atoms in total. The van der Waals surface area contributed by atoms with Crippen molar-refractivity contribution >= 4 is 37.2 Å². The third-order valence-corrected chi connectivity index (χ3v) is 75.1. The molecule has 240 valence electrons. The van der Waals surface area contributed by atoms with Crippen molar-refractivity contribution in [1.29, 1.82) is 0 Å². The summed E-state index contributed by atoms with van der Waals surface area (Å²) >= 11 is 0. The SMILES string of the molecule is C[C@H](c1ccccc1)N([C@H](C)[C@@]12[CH]3[CH]4[CH]5[C]1(P(c1ccccc1)c1ccccc1)[Fe]45321678[CH]2[CH]1[CH]6[CH]7[CH]28)P(c1ccccc1)c1ccccc1. The van der Waals surface area contributed by atoms with Gasteiger partial charge in [-0.2, -0.15) is 0 Å². The Bertz CT molecular complexity index is 2510. The van der Waals surface area contributed by atoms with E-state index in [1.165, 1.54) is 54.7 Å². The first-order valence-corrected chi connectivity index (χ1v) is 27.1. The molecule has 15 rings (SSSR count). The molecule has 1 spiro atoms. The topological polar surface area (TPSA) is 3.24 Å². The van der Waals surface area contributed by atoms with Gasteiger partial charge in [0.1, 0.15) is 0 Å². The summed E-state index contributed by atoms with van der Waals surface area (Å²) in [4.78, 5) is 9.79. The van der Waals surface area contributed by atoms with Gasteiger partial charge < -0.3 is 0 Å². The van der Waals surface area contributed by atoms with Gasteiger partial charge in [0.05, 0.1) is 0 Å². The van der Waals surface area contributed by atoms with Crippen LogP contribution in [0.1, 0.15) is 25.5 Å². The molecular formula is C44H41FeNP2. The van der Waals surface area contributed by atoms with E-state index in [0.717, 1.165) is 0 Å². The molecule has 5 aromatic carbocycles. The molecule has 10 aliphatic rings. The van der Waals surface area contributed by atoms with Crippen molar-refractivity contribution in [3.05, 3.63) is 157 Å². The summed E-state index contributed by atoms with van der Waals surface area (Å²) in [7, 11) is -1.11. The first kappa shape index (κ1) is 25.4. The third-order valence-electron chi connectivity index (χ3n) is 22.2. The zero-order chi connectivity index (χ0) is 31.4. The van der Waals surface area contributed by atoms with Gasteiger partial charge in [-0.05, 0) is 0 Å². The molecule has 5 aromatic rings. The predicted molar refractivity (Wildman–Crippen MR) is 200 cm³/mol. The van der Waals surface area contributed by atoms with Gasteiger partial charge in [-0.25, -0.2) is 0 Å². The third kappa shape index (κ3) is 0.822. The summed E-state index contributed by atoms with van der Waals surface area (Å²) in [6, 6.07) is 60.2. The Hall–Kier alpha value is -2.56. The van der Waals surface area contributed by atoms with Crippen LogP contribution in [-0.4, -0.2) is 14.8 Å². The summed E-state index contributed by atoms with van der Waals surface area (Å²) in [5, 5.41) is 6.44. The van der Waals surface area contributed by atoms with Gasteiger partial charge in [-0.15, -0.1) is 0 Å². The van der Waals surface area contributed by atoms with E-state index in [1.54, 1.807) is 10.6 Å². The minimum absolute atomic E-state index is 0.352. The second-order valence-corrected chi connectivity index (χ2v) is 47.1. The molecule has 4 unspecified atom stereocenters. The summed E-state index contributed by atoms with van der Waals surface area (Å²) in [6.45, 7) is 1.38. The van der Waals surface area contributed by atoms with Crippen LogP contribution in [0.2, 0.25) is 42.8 Å². The zero-order valence-electron chi connectivity index (χ0n) is 27.4. The second-order valence-electron chi connectivity index (χ2n) is 18.9. The van der Waals surface area contributed by atoms with Crippen LogP contribution >= 0.6 is 16.0 Å². The van der Waals surface area contributed by atoms with E-state index >= 15 is 0 Å². The first-order valence-electron chi connectivity index (χ1n) is 18.3. The molecule has 0 amide bonds. The normalized spacial score (nSPS) is 52.8. The number of rotatable bonds is 10. The molecule has 0 saturated carbocycles. The number of benzene rings is 5. The van der Waals surface area contributed by atoms with Crippen LogP contribution in [0.4, 0.5) is 0 Å². The van der Waals surface area contributed by atoms with E-state index in [2.05, 4.69) is 170 Å². The fraction of sp³-hybridized carbons (Fsp3) is 0.318. The summed E-state index contributed by atoms with van der Waals surface area (Å²) < 4.78 is 4.48. The van der Waals surface area contributed by atoms with Crippen molar-refractivity contribution in [2.24, 2.45) is 0 Å². The van der Waals surface area contributed by atoms with Crippen LogP contribution in [0.3, 0.4) is 0 Å². The molecule has 0 N–H and O–H groups in total. The van der Waals surface area contributed by atoms with Crippen LogP contribution in [0, 0.1) is 0 Å². The molecule has 10 saturated heterocycles. The zero-order valence-corrected chi connectivity index (χ0v) is 30.3. The Morgan fingerprint density at radius 3 is 1.29 bits per heavy atom. The maximum absolute atomic E-state index is 4.02. The van der Waals surface area contributed by atoms with Crippen LogP contribution in [-0.2, 0) is 6.51 Å². The van der Waals surface area contributed by atoms with Crippen molar-refractivity contribution in [1.82, 2.24) is 4.67 Å². The number of hydrogen-bond acceptors (Lipinski definition) is 1. The van der Waals surface area contributed by atoms with E-state index in [-0.39, 0.29) is 0 Å². The summed E-state index contributed by atoms with van der Waals surface area (Å²) in [5.41, 5.74) is 1.48. The molecule has 10 heterocycles. The van der Waals surface area contributed by atoms with Gasteiger partial charge in [0.2, 0.25) is 0 Å². The molecular weight excluding hydrogens is 660 g/mol. The van der Waals surface area contributed by atoms with Gasteiger partial charge in [0, 0.05) is 0 Å². The molecule has 10 aliphatic heterocycles. The van der Waals surface area contributed by atoms with E-state index in [9.17, 15) is 0 Å². The Morgan fingerprint density at radius 2 is 0.896 bits per heavy atom. The van der Waals surface area contributed by atoms with E-state index < -0.39 is 22.5 Å². The van der Waals surface area contributed by atoms with Crippen LogP contribution in [0.15, 0.2) is 152 Å². The fourth-order valence-electron chi connectivity index (χ4n) is 23.4. The Labute approximate surface area is 277 Å². The Balaban J connectivity index is 1.02. The van der Waals surface area contributed by atoms with Crippen LogP contribution in [0.5, 0.6) is 0 Å². The summed E-state index contributed by atoms with van der Waals surface area (Å²) in [5.74, 6) is 0. The molecule has 0 aliphatic carbocycles. The molecule has 0 bridgehead atoms. The second kappa shape index (κ2) is 4.71. The van der Waals surface area contributed by atoms with Crippen molar-refractivity contribution in [2.75, 3.05) is 0 Å². The van der Waals surface area contributed by atoms with Gasteiger partial charge in [-0.1, -0.05) is 0 Å². The first-order chi connectivity index (χ1) is 23.4. The molecule has 10 fully saturated rings. The van der Waals surface area contributed by atoms with Crippen molar-refractivity contribution in [3.63, 3.8) is 0 Å². The van der Waals surface area contributed by atoms with Crippen LogP contribution < -0.4 is 21.2 Å². The van der Waals surface area contributed by atoms with Gasteiger partial charge >= 0.3 is 278 Å². The van der Waals surface area contributed by atoms with E-state index in [1.807, 2.05) is 0 Å². The predicted octanol–water partition coefficient (Wildman–Crippen LogP) is 10.3. The number of fused-ring (bicyclic) bond motifs is 10. The Morgan fingerprint density at radius 1 is 0.500 bits per heavy atom. The quantitative estimate of drug-likeness (QED) is 0.104. The van der Waals surface area contributed by atoms with Crippen molar-refractivity contribution < 1.29 is 6.51 Å². The van der Waals surface area contributed by atoms with E-state index in [4.69, 9.17) is 0 Å². The van der Waals surface area contributed by atoms with E-state index in [0.29, 0.717) is 20.5 Å².